The van der Waals surface area contributed by atoms with Gasteiger partial charge in [-0.3, -0.25) is 9.08 Å². The van der Waals surface area contributed by atoms with Crippen molar-refractivity contribution in [3.05, 3.63) is 29.7 Å². The van der Waals surface area contributed by atoms with Gasteiger partial charge in [0.05, 0.1) is 12.4 Å². The van der Waals surface area contributed by atoms with Gasteiger partial charge in [0.2, 0.25) is 5.88 Å². The quantitative estimate of drug-likeness (QED) is 0.782. The van der Waals surface area contributed by atoms with E-state index in [4.69, 9.17) is 4.74 Å². The number of thiazole rings is 1. The van der Waals surface area contributed by atoms with Gasteiger partial charge in [-0.15, -0.1) is 11.3 Å². The lowest BCUT2D eigenvalue weighted by Gasteiger charge is -2.05. The summed E-state index contributed by atoms with van der Waals surface area (Å²) in [5, 5.41) is 9.67. The predicted octanol–water partition coefficient (Wildman–Crippen LogP) is 2.17. The fourth-order valence-electron chi connectivity index (χ4n) is 2.15. The predicted molar refractivity (Wildman–Crippen MR) is 76.2 cm³/mol. The van der Waals surface area contributed by atoms with E-state index in [1.165, 1.54) is 12.8 Å². The first kappa shape index (κ1) is 11.9. The van der Waals surface area contributed by atoms with Crippen LogP contribution >= 0.6 is 11.3 Å². The summed E-state index contributed by atoms with van der Waals surface area (Å²) >= 11 is 1.61. The third kappa shape index (κ3) is 2.19. The summed E-state index contributed by atoms with van der Waals surface area (Å²) in [7, 11) is 1.87. The molecule has 0 spiro atoms. The lowest BCUT2D eigenvalue weighted by atomic mass is 10.4. The molecule has 3 aromatic heterocycles. The van der Waals surface area contributed by atoms with E-state index < -0.39 is 0 Å². The fraction of sp³-hybridized carbons (Fsp3) is 0.385. The molecule has 20 heavy (non-hydrogen) atoms. The lowest BCUT2D eigenvalue weighted by Crippen LogP contribution is -2.16. The largest absolute Gasteiger partial charge is 0.434 e. The highest BCUT2D eigenvalue weighted by atomic mass is 32.1. The van der Waals surface area contributed by atoms with Crippen LogP contribution in [-0.2, 0) is 13.6 Å². The molecule has 0 atom stereocenters. The van der Waals surface area contributed by atoms with Crippen LogP contribution in [0.3, 0.4) is 0 Å². The Morgan fingerprint density at radius 1 is 1.50 bits per heavy atom. The zero-order chi connectivity index (χ0) is 13.5. The van der Waals surface area contributed by atoms with Crippen molar-refractivity contribution in [2.75, 3.05) is 0 Å². The fourth-order valence-corrected chi connectivity index (χ4v) is 2.87. The summed E-state index contributed by atoms with van der Waals surface area (Å²) in [4.78, 5) is 5.51. The maximum absolute atomic E-state index is 5.88. The summed E-state index contributed by atoms with van der Waals surface area (Å²) < 4.78 is 9.68. The van der Waals surface area contributed by atoms with E-state index in [0.29, 0.717) is 17.7 Å². The van der Waals surface area contributed by atoms with Gasteiger partial charge in [0, 0.05) is 31.2 Å². The van der Waals surface area contributed by atoms with Gasteiger partial charge in [-0.25, -0.2) is 0 Å². The topological polar surface area (TPSA) is 56.4 Å². The van der Waals surface area contributed by atoms with Gasteiger partial charge in [-0.1, -0.05) is 0 Å². The Kier molecular flexibility index (Phi) is 2.75. The molecule has 3 heterocycles. The average Bonchev–Trinajstić information content (AvgIpc) is 2.83. The number of aryl methyl sites for hydroxylation is 1. The van der Waals surface area contributed by atoms with E-state index in [-0.39, 0.29) is 0 Å². The van der Waals surface area contributed by atoms with Crippen LogP contribution in [0, 0.1) is 0 Å². The Morgan fingerprint density at radius 3 is 3.15 bits per heavy atom. The Hall–Kier alpha value is -1.86. The Bertz CT molecular complexity index is 739. The van der Waals surface area contributed by atoms with Gasteiger partial charge in [0.1, 0.15) is 5.69 Å². The van der Waals surface area contributed by atoms with E-state index in [2.05, 4.69) is 19.8 Å². The molecule has 1 fully saturated rings. The third-order valence-corrected chi connectivity index (χ3v) is 4.11. The summed E-state index contributed by atoms with van der Waals surface area (Å²) in [6.07, 6.45) is 8.11. The second-order valence-electron chi connectivity index (χ2n) is 5.03. The summed E-state index contributed by atoms with van der Waals surface area (Å²) in [6.45, 7) is 0.776. The number of nitrogens with zero attached hydrogens (tertiary/aromatic N) is 4. The van der Waals surface area contributed by atoms with E-state index in [9.17, 15) is 0 Å². The van der Waals surface area contributed by atoms with Crippen LogP contribution < -0.4 is 10.1 Å². The van der Waals surface area contributed by atoms with Crippen molar-refractivity contribution in [1.29, 1.82) is 0 Å². The normalized spacial score (nSPS) is 15.1. The first-order valence-electron chi connectivity index (χ1n) is 6.64. The number of rotatable bonds is 5. The van der Waals surface area contributed by atoms with Crippen molar-refractivity contribution in [1.82, 2.24) is 24.5 Å². The van der Waals surface area contributed by atoms with Crippen LogP contribution in [0.4, 0.5) is 0 Å². The molecule has 1 saturated carbocycles. The number of hydrogen-bond acceptors (Lipinski definition) is 5. The highest BCUT2D eigenvalue weighted by Gasteiger charge is 2.23. The summed E-state index contributed by atoms with van der Waals surface area (Å²) in [5.41, 5.74) is 1.07. The zero-order valence-electron chi connectivity index (χ0n) is 11.1. The minimum Gasteiger partial charge on any atom is -0.434 e. The molecule has 0 radical (unpaired) electrons. The van der Waals surface area contributed by atoms with Crippen molar-refractivity contribution < 1.29 is 4.74 Å². The van der Waals surface area contributed by atoms with Crippen molar-refractivity contribution in [2.45, 2.75) is 25.4 Å². The van der Waals surface area contributed by atoms with Gasteiger partial charge >= 0.3 is 0 Å². The van der Waals surface area contributed by atoms with Crippen molar-refractivity contribution in [3.63, 3.8) is 0 Å². The molecule has 1 N–H and O–H groups in total. The standard InChI is InChI=1S/C13H15N5OS/c1-17-8-10(6-15-17)19-12-11(7-14-9-2-3-9)18-4-5-20-13(18)16-12/h4-6,8-9,14H,2-3,7H2,1H3. The number of imidazole rings is 1. The molecule has 0 unspecified atom stereocenters. The molecule has 0 saturated heterocycles. The molecule has 0 aromatic carbocycles. The zero-order valence-corrected chi connectivity index (χ0v) is 11.9. The van der Waals surface area contributed by atoms with E-state index in [1.807, 2.05) is 24.8 Å². The van der Waals surface area contributed by atoms with Crippen LogP contribution in [0.2, 0.25) is 0 Å². The highest BCUT2D eigenvalue weighted by molar-refractivity contribution is 7.15. The molecular weight excluding hydrogens is 274 g/mol. The monoisotopic (exact) mass is 289 g/mol. The Morgan fingerprint density at radius 2 is 2.40 bits per heavy atom. The molecule has 4 rings (SSSR count). The van der Waals surface area contributed by atoms with Crippen molar-refractivity contribution in [3.8, 4) is 11.6 Å². The van der Waals surface area contributed by atoms with Crippen LogP contribution in [0.25, 0.3) is 4.96 Å². The molecule has 104 valence electrons. The van der Waals surface area contributed by atoms with Crippen LogP contribution in [0.5, 0.6) is 11.6 Å². The van der Waals surface area contributed by atoms with E-state index in [1.54, 1.807) is 22.2 Å². The minimum absolute atomic E-state index is 0.658. The Labute approximate surface area is 120 Å². The first-order valence-corrected chi connectivity index (χ1v) is 7.52. The summed E-state index contributed by atoms with van der Waals surface area (Å²) in [6, 6.07) is 0.658. The van der Waals surface area contributed by atoms with Gasteiger partial charge in [0.25, 0.3) is 0 Å². The molecule has 0 bridgehead atoms. The smallest absolute Gasteiger partial charge is 0.243 e. The highest BCUT2D eigenvalue weighted by Crippen LogP contribution is 2.28. The first-order chi connectivity index (χ1) is 9.79. The molecular formula is C13H15N5OS. The number of aromatic nitrogens is 4. The lowest BCUT2D eigenvalue weighted by molar-refractivity contribution is 0.454. The molecule has 3 aromatic rings. The molecule has 6 nitrogen and oxygen atoms in total. The van der Waals surface area contributed by atoms with Gasteiger partial charge in [-0.2, -0.15) is 10.1 Å². The van der Waals surface area contributed by atoms with Crippen LogP contribution in [0.15, 0.2) is 24.0 Å². The number of ether oxygens (including phenoxy) is 1. The second kappa shape index (κ2) is 4.60. The maximum Gasteiger partial charge on any atom is 0.243 e. The maximum atomic E-state index is 5.88. The number of nitrogens with one attached hydrogen (secondary N) is 1. The van der Waals surface area contributed by atoms with Crippen LogP contribution in [-0.4, -0.2) is 25.2 Å². The molecule has 1 aliphatic rings. The van der Waals surface area contributed by atoms with Crippen molar-refractivity contribution >= 4 is 16.3 Å². The van der Waals surface area contributed by atoms with Crippen molar-refractivity contribution in [2.24, 2.45) is 7.05 Å². The van der Waals surface area contributed by atoms with Gasteiger partial charge in [-0.05, 0) is 12.8 Å². The molecule has 7 heteroatoms. The second-order valence-corrected chi connectivity index (χ2v) is 5.90. The number of hydrogen-bond donors (Lipinski definition) is 1. The average molecular weight is 289 g/mol. The minimum atomic E-state index is 0.658. The number of fused-ring (bicyclic) bond motifs is 1. The molecule has 1 aliphatic carbocycles. The molecule has 0 aliphatic heterocycles. The Balaban J connectivity index is 1.65. The summed E-state index contributed by atoms with van der Waals surface area (Å²) in [5.74, 6) is 1.38. The van der Waals surface area contributed by atoms with Crippen LogP contribution in [0.1, 0.15) is 18.5 Å². The van der Waals surface area contributed by atoms with Gasteiger partial charge < -0.3 is 10.1 Å². The van der Waals surface area contributed by atoms with E-state index in [0.717, 1.165) is 17.2 Å². The van der Waals surface area contributed by atoms with E-state index >= 15 is 0 Å². The third-order valence-electron chi connectivity index (χ3n) is 3.36. The SMILES string of the molecule is Cn1cc(Oc2nc3sccn3c2CNC2CC2)cn1. The molecule has 0 amide bonds. The van der Waals surface area contributed by atoms with Gasteiger partial charge in [0.15, 0.2) is 10.7 Å².